The average molecular weight is 155 g/mol. The first-order chi connectivity index (χ1) is 5.18. The lowest BCUT2D eigenvalue weighted by atomic mass is 9.84. The fourth-order valence-corrected chi connectivity index (χ4v) is 2.37. The summed E-state index contributed by atoms with van der Waals surface area (Å²) >= 11 is 0. The highest BCUT2D eigenvalue weighted by atomic mass is 16.3. The molecule has 2 saturated heterocycles. The molecule has 0 amide bonds. The molecule has 64 valence electrons. The minimum absolute atomic E-state index is 0.489. The molecule has 2 fully saturated rings. The number of nitrogens with zero attached hydrogens (tertiary/aromatic N) is 1. The molecule has 2 aliphatic heterocycles. The SMILES string of the molecule is CC1(O)CCC2CCCN1C2. The maximum Gasteiger partial charge on any atom is 0.115 e. The summed E-state index contributed by atoms with van der Waals surface area (Å²) in [7, 11) is 0. The number of hydrogen-bond donors (Lipinski definition) is 1. The molecule has 3 atom stereocenters. The molecular formula is C9H17NO. The molecule has 0 radical (unpaired) electrons. The Kier molecular flexibility index (Phi) is 1.69. The second-order valence-electron chi connectivity index (χ2n) is 4.21. The minimum atomic E-state index is -0.489. The van der Waals surface area contributed by atoms with Crippen LogP contribution in [0.25, 0.3) is 0 Å². The van der Waals surface area contributed by atoms with Gasteiger partial charge < -0.3 is 5.11 Å². The summed E-state index contributed by atoms with van der Waals surface area (Å²) in [4.78, 5) is 2.24. The number of aliphatic hydroxyl groups is 1. The molecule has 2 bridgehead atoms. The van der Waals surface area contributed by atoms with Gasteiger partial charge in [-0.15, -0.1) is 0 Å². The lowest BCUT2D eigenvalue weighted by Crippen LogP contribution is -2.54. The Hall–Kier alpha value is -0.0800. The van der Waals surface area contributed by atoms with E-state index in [0.717, 1.165) is 25.4 Å². The first kappa shape index (κ1) is 7.56. The van der Waals surface area contributed by atoms with Gasteiger partial charge in [-0.25, -0.2) is 0 Å². The van der Waals surface area contributed by atoms with Gasteiger partial charge in [-0.3, -0.25) is 4.90 Å². The summed E-state index contributed by atoms with van der Waals surface area (Å²) in [5.74, 6) is 0.879. The van der Waals surface area contributed by atoms with Gasteiger partial charge in [-0.05, 0) is 38.5 Å². The number of hydrogen-bond acceptors (Lipinski definition) is 2. The molecule has 0 saturated carbocycles. The Balaban J connectivity index is 2.09. The van der Waals surface area contributed by atoms with E-state index in [1.54, 1.807) is 0 Å². The van der Waals surface area contributed by atoms with Gasteiger partial charge in [0.1, 0.15) is 5.72 Å². The topological polar surface area (TPSA) is 23.5 Å². The normalized spacial score (nSPS) is 50.7. The average Bonchev–Trinajstić information content (AvgIpc) is 2.00. The van der Waals surface area contributed by atoms with E-state index >= 15 is 0 Å². The first-order valence-electron chi connectivity index (χ1n) is 4.66. The zero-order valence-corrected chi connectivity index (χ0v) is 7.21. The fourth-order valence-electron chi connectivity index (χ4n) is 2.37. The van der Waals surface area contributed by atoms with Crippen LogP contribution in [0.15, 0.2) is 0 Å². The Morgan fingerprint density at radius 2 is 2.27 bits per heavy atom. The summed E-state index contributed by atoms with van der Waals surface area (Å²) in [5, 5.41) is 9.91. The molecule has 3 unspecified atom stereocenters. The number of fused-ring (bicyclic) bond motifs is 2. The number of rotatable bonds is 0. The van der Waals surface area contributed by atoms with E-state index < -0.39 is 5.72 Å². The van der Waals surface area contributed by atoms with Crippen LogP contribution in [0.2, 0.25) is 0 Å². The zero-order valence-electron chi connectivity index (χ0n) is 7.21. The van der Waals surface area contributed by atoms with Crippen molar-refractivity contribution in [2.75, 3.05) is 13.1 Å². The Morgan fingerprint density at radius 3 is 3.00 bits per heavy atom. The Bertz CT molecular complexity index is 156. The molecule has 1 N–H and O–H groups in total. The highest BCUT2D eigenvalue weighted by Gasteiger charge is 2.37. The van der Waals surface area contributed by atoms with Crippen molar-refractivity contribution >= 4 is 0 Å². The smallest absolute Gasteiger partial charge is 0.115 e. The van der Waals surface area contributed by atoms with Crippen LogP contribution in [-0.2, 0) is 0 Å². The summed E-state index contributed by atoms with van der Waals surface area (Å²) in [6.07, 6.45) is 4.86. The molecule has 0 aliphatic carbocycles. The molecule has 2 heteroatoms. The van der Waals surface area contributed by atoms with Crippen molar-refractivity contribution in [2.45, 2.75) is 38.3 Å². The van der Waals surface area contributed by atoms with Gasteiger partial charge in [-0.1, -0.05) is 0 Å². The third-order valence-corrected chi connectivity index (χ3v) is 3.23. The highest BCUT2D eigenvalue weighted by molar-refractivity contribution is 4.87. The predicted octanol–water partition coefficient (Wildman–Crippen LogP) is 1.20. The molecule has 11 heavy (non-hydrogen) atoms. The van der Waals surface area contributed by atoms with Crippen molar-refractivity contribution in [1.29, 1.82) is 0 Å². The lowest BCUT2D eigenvalue weighted by molar-refractivity contribution is -0.142. The van der Waals surface area contributed by atoms with Crippen molar-refractivity contribution in [1.82, 2.24) is 4.90 Å². The van der Waals surface area contributed by atoms with Crippen molar-refractivity contribution in [2.24, 2.45) is 5.92 Å². The summed E-state index contributed by atoms with van der Waals surface area (Å²) < 4.78 is 0. The van der Waals surface area contributed by atoms with Gasteiger partial charge in [0.15, 0.2) is 0 Å². The Morgan fingerprint density at radius 1 is 1.45 bits per heavy atom. The molecule has 0 spiro atoms. The van der Waals surface area contributed by atoms with E-state index in [9.17, 15) is 5.11 Å². The molecule has 0 aromatic rings. The molecule has 0 aromatic carbocycles. The molecule has 2 nitrogen and oxygen atoms in total. The van der Waals surface area contributed by atoms with Gasteiger partial charge in [0.25, 0.3) is 0 Å². The van der Waals surface area contributed by atoms with Crippen molar-refractivity contribution in [3.8, 4) is 0 Å². The van der Waals surface area contributed by atoms with Crippen molar-refractivity contribution < 1.29 is 5.11 Å². The van der Waals surface area contributed by atoms with Crippen LogP contribution in [0.4, 0.5) is 0 Å². The van der Waals surface area contributed by atoms with E-state index in [0.29, 0.717) is 0 Å². The third kappa shape index (κ3) is 1.30. The largest absolute Gasteiger partial charge is 0.376 e. The summed E-state index contributed by atoms with van der Waals surface area (Å²) in [6, 6.07) is 0. The summed E-state index contributed by atoms with van der Waals surface area (Å²) in [5.41, 5.74) is -0.489. The van der Waals surface area contributed by atoms with E-state index in [1.165, 1.54) is 19.3 Å². The van der Waals surface area contributed by atoms with Crippen LogP contribution in [-0.4, -0.2) is 28.8 Å². The van der Waals surface area contributed by atoms with E-state index in [4.69, 9.17) is 0 Å². The van der Waals surface area contributed by atoms with Crippen molar-refractivity contribution in [3.63, 3.8) is 0 Å². The first-order valence-corrected chi connectivity index (χ1v) is 4.66. The maximum absolute atomic E-state index is 9.91. The van der Waals surface area contributed by atoms with Gasteiger partial charge in [0, 0.05) is 13.1 Å². The molecule has 2 aliphatic rings. The van der Waals surface area contributed by atoms with Gasteiger partial charge in [0.05, 0.1) is 0 Å². The molecular weight excluding hydrogens is 138 g/mol. The van der Waals surface area contributed by atoms with Crippen LogP contribution in [0, 0.1) is 5.92 Å². The molecule has 2 rings (SSSR count). The van der Waals surface area contributed by atoms with Crippen molar-refractivity contribution in [3.05, 3.63) is 0 Å². The zero-order chi connectivity index (χ0) is 7.90. The van der Waals surface area contributed by atoms with Gasteiger partial charge in [-0.2, -0.15) is 0 Å². The third-order valence-electron chi connectivity index (χ3n) is 3.23. The maximum atomic E-state index is 9.91. The van der Waals surface area contributed by atoms with Crippen LogP contribution in [0.5, 0.6) is 0 Å². The molecule has 2 heterocycles. The van der Waals surface area contributed by atoms with Crippen LogP contribution >= 0.6 is 0 Å². The number of piperidine rings is 2. The minimum Gasteiger partial charge on any atom is -0.376 e. The second kappa shape index (κ2) is 2.46. The van der Waals surface area contributed by atoms with E-state index in [-0.39, 0.29) is 0 Å². The fraction of sp³-hybridized carbons (Fsp3) is 1.00. The van der Waals surface area contributed by atoms with Crippen LogP contribution in [0.1, 0.15) is 32.6 Å². The lowest BCUT2D eigenvalue weighted by Gasteiger charge is -2.47. The Labute approximate surface area is 68.2 Å². The van der Waals surface area contributed by atoms with E-state index in [2.05, 4.69) is 4.90 Å². The monoisotopic (exact) mass is 155 g/mol. The summed E-state index contributed by atoms with van der Waals surface area (Å²) in [6.45, 7) is 4.19. The second-order valence-corrected chi connectivity index (χ2v) is 4.21. The predicted molar refractivity (Wildman–Crippen MR) is 44.2 cm³/mol. The standard InChI is InChI=1S/C9H17NO/c1-9(11)5-4-8-3-2-6-10(9)7-8/h8,11H,2-7H2,1H3. The van der Waals surface area contributed by atoms with Crippen LogP contribution in [0.3, 0.4) is 0 Å². The van der Waals surface area contributed by atoms with Crippen LogP contribution < -0.4 is 0 Å². The highest BCUT2D eigenvalue weighted by Crippen LogP contribution is 2.34. The van der Waals surface area contributed by atoms with Gasteiger partial charge >= 0.3 is 0 Å². The molecule has 0 aromatic heterocycles. The van der Waals surface area contributed by atoms with Gasteiger partial charge in [0.2, 0.25) is 0 Å². The quantitative estimate of drug-likeness (QED) is 0.568. The van der Waals surface area contributed by atoms with E-state index in [1.807, 2.05) is 6.92 Å².